The van der Waals surface area contributed by atoms with Crippen LogP contribution in [0, 0.1) is 18.3 Å². The van der Waals surface area contributed by atoms with Crippen molar-refractivity contribution >= 4 is 12.1 Å². The molecule has 0 bridgehead atoms. The van der Waals surface area contributed by atoms with Crippen molar-refractivity contribution in [3.63, 3.8) is 0 Å². The van der Waals surface area contributed by atoms with Crippen molar-refractivity contribution in [2.45, 2.75) is 38.8 Å². The van der Waals surface area contributed by atoms with Gasteiger partial charge in [0, 0.05) is 29.7 Å². The number of nitrogens with zero attached hydrogens (tertiary/aromatic N) is 3. The molecule has 4 amide bonds. The fourth-order valence-electron chi connectivity index (χ4n) is 3.52. The highest BCUT2D eigenvalue weighted by Crippen LogP contribution is 2.36. The number of hydrogen-bond acceptors (Lipinski definition) is 4. The van der Waals surface area contributed by atoms with Gasteiger partial charge in [0.15, 0.2) is 0 Å². The first-order valence-corrected chi connectivity index (χ1v) is 9.52. The minimum atomic E-state index is -0.788. The normalized spacial score (nSPS) is 18.9. The third-order valence-corrected chi connectivity index (χ3v) is 5.25. The number of benzene rings is 1. The van der Waals surface area contributed by atoms with Gasteiger partial charge in [0.05, 0.1) is 11.6 Å². The Morgan fingerprint density at radius 2 is 2.10 bits per heavy atom. The average Bonchev–Trinajstić information content (AvgIpc) is 3.51. The first kappa shape index (κ1) is 18.7. The summed E-state index contributed by atoms with van der Waals surface area (Å²) in [6, 6.07) is 9.95. The van der Waals surface area contributed by atoms with Crippen LogP contribution in [0.1, 0.15) is 36.9 Å². The SMILES string of the molecule is CC1=C(C#N)C(c2cccc(-c3cnccc3C)c2)N(C(=O)NC2CC2)C(=O)N1. The highest BCUT2D eigenvalue weighted by molar-refractivity contribution is 5.97. The third kappa shape index (κ3) is 3.57. The molecule has 0 saturated heterocycles. The fourth-order valence-corrected chi connectivity index (χ4v) is 3.52. The number of hydrogen-bond donors (Lipinski definition) is 2. The molecule has 146 valence electrons. The molecule has 1 aromatic carbocycles. The molecule has 2 aliphatic rings. The molecule has 1 saturated carbocycles. The Labute approximate surface area is 169 Å². The second-order valence-electron chi connectivity index (χ2n) is 7.39. The lowest BCUT2D eigenvalue weighted by Crippen LogP contribution is -2.53. The van der Waals surface area contributed by atoms with Gasteiger partial charge in [-0.15, -0.1) is 0 Å². The van der Waals surface area contributed by atoms with Gasteiger partial charge in [-0.05, 0) is 55.5 Å². The lowest BCUT2D eigenvalue weighted by molar-refractivity contribution is 0.173. The van der Waals surface area contributed by atoms with Crippen LogP contribution < -0.4 is 10.6 Å². The summed E-state index contributed by atoms with van der Waals surface area (Å²) in [6.45, 7) is 3.67. The summed E-state index contributed by atoms with van der Waals surface area (Å²) in [5.41, 5.74) is 4.44. The molecule has 0 radical (unpaired) electrons. The molecule has 1 atom stereocenters. The van der Waals surface area contributed by atoms with E-state index in [2.05, 4.69) is 21.7 Å². The first-order chi connectivity index (χ1) is 14.0. The van der Waals surface area contributed by atoms with Crippen LogP contribution in [0.5, 0.6) is 0 Å². The monoisotopic (exact) mass is 387 g/mol. The summed E-state index contributed by atoms with van der Waals surface area (Å²) < 4.78 is 0. The molecule has 7 heteroatoms. The zero-order valence-electron chi connectivity index (χ0n) is 16.3. The molecule has 1 fully saturated rings. The van der Waals surface area contributed by atoms with E-state index in [9.17, 15) is 14.9 Å². The molecule has 1 aromatic heterocycles. The maximum absolute atomic E-state index is 12.8. The van der Waals surface area contributed by atoms with Gasteiger partial charge in [0.1, 0.15) is 6.04 Å². The summed E-state index contributed by atoms with van der Waals surface area (Å²) in [7, 11) is 0. The van der Waals surface area contributed by atoms with Crippen LogP contribution in [0.2, 0.25) is 0 Å². The van der Waals surface area contributed by atoms with E-state index < -0.39 is 18.1 Å². The van der Waals surface area contributed by atoms with E-state index in [1.807, 2.05) is 37.3 Å². The van der Waals surface area contributed by atoms with Crippen molar-refractivity contribution in [2.24, 2.45) is 0 Å². The third-order valence-electron chi connectivity index (χ3n) is 5.25. The number of nitrogens with one attached hydrogen (secondary N) is 2. The molecule has 0 spiro atoms. The van der Waals surface area contributed by atoms with E-state index in [0.29, 0.717) is 16.8 Å². The Balaban J connectivity index is 1.80. The van der Waals surface area contributed by atoms with Crippen LogP contribution in [-0.4, -0.2) is 28.0 Å². The number of carbonyl (C=O) groups excluding carboxylic acids is 2. The average molecular weight is 387 g/mol. The van der Waals surface area contributed by atoms with E-state index in [4.69, 9.17) is 0 Å². The van der Waals surface area contributed by atoms with E-state index >= 15 is 0 Å². The number of aryl methyl sites for hydroxylation is 1. The maximum atomic E-state index is 12.8. The minimum Gasteiger partial charge on any atom is -0.335 e. The molecular weight excluding hydrogens is 366 g/mol. The van der Waals surface area contributed by atoms with Crippen molar-refractivity contribution < 1.29 is 9.59 Å². The Morgan fingerprint density at radius 1 is 1.31 bits per heavy atom. The van der Waals surface area contributed by atoms with E-state index in [-0.39, 0.29) is 6.04 Å². The Hall–Kier alpha value is -3.66. The highest BCUT2D eigenvalue weighted by Gasteiger charge is 2.40. The number of amides is 4. The van der Waals surface area contributed by atoms with Crippen molar-refractivity contribution in [1.82, 2.24) is 20.5 Å². The topological polar surface area (TPSA) is 98.1 Å². The predicted molar refractivity (Wildman–Crippen MR) is 107 cm³/mol. The summed E-state index contributed by atoms with van der Waals surface area (Å²) >= 11 is 0. The van der Waals surface area contributed by atoms with Crippen LogP contribution in [0.3, 0.4) is 0 Å². The Bertz CT molecular complexity index is 1060. The van der Waals surface area contributed by atoms with Gasteiger partial charge in [-0.1, -0.05) is 18.2 Å². The summed E-state index contributed by atoms with van der Waals surface area (Å²) in [6.07, 6.45) is 5.33. The minimum absolute atomic E-state index is 0.0952. The number of allylic oxidation sites excluding steroid dienone is 1. The summed E-state index contributed by atoms with van der Waals surface area (Å²) in [5.74, 6) is 0. The van der Waals surface area contributed by atoms with E-state index in [1.54, 1.807) is 19.3 Å². The quantitative estimate of drug-likeness (QED) is 0.837. The summed E-state index contributed by atoms with van der Waals surface area (Å²) in [4.78, 5) is 30.8. The standard InChI is InChI=1S/C22H21N5O2/c1-13-8-9-24-12-19(13)15-4-3-5-16(10-15)20-18(11-23)14(2)25-21(28)27(20)22(29)26-17-6-7-17/h3-5,8-10,12,17,20H,6-7H2,1-2H3,(H,25,28)(H,26,29). The van der Waals surface area contributed by atoms with Gasteiger partial charge in [-0.2, -0.15) is 5.26 Å². The zero-order chi connectivity index (χ0) is 20.5. The number of pyridine rings is 1. The second kappa shape index (κ2) is 7.40. The van der Waals surface area contributed by atoms with Gasteiger partial charge < -0.3 is 10.6 Å². The number of nitriles is 1. The van der Waals surface area contributed by atoms with Crippen molar-refractivity contribution in [1.29, 1.82) is 5.26 Å². The molecular formula is C22H21N5O2. The second-order valence-corrected chi connectivity index (χ2v) is 7.39. The molecule has 1 aliphatic carbocycles. The number of aromatic nitrogens is 1. The Kier molecular flexibility index (Phi) is 4.77. The number of rotatable bonds is 3. The lowest BCUT2D eigenvalue weighted by Gasteiger charge is -2.35. The van der Waals surface area contributed by atoms with E-state index in [1.165, 1.54) is 0 Å². The number of urea groups is 2. The fraction of sp³-hybridized carbons (Fsp3) is 0.273. The van der Waals surface area contributed by atoms with Gasteiger partial charge >= 0.3 is 12.1 Å². The van der Waals surface area contributed by atoms with Gasteiger partial charge in [0.2, 0.25) is 0 Å². The number of carbonyl (C=O) groups is 2. The molecule has 2 aromatic rings. The number of imide groups is 1. The van der Waals surface area contributed by atoms with Crippen LogP contribution in [0.25, 0.3) is 11.1 Å². The van der Waals surface area contributed by atoms with Gasteiger partial charge in [0.25, 0.3) is 0 Å². The molecule has 29 heavy (non-hydrogen) atoms. The van der Waals surface area contributed by atoms with Gasteiger partial charge in [-0.3, -0.25) is 4.98 Å². The van der Waals surface area contributed by atoms with Crippen LogP contribution >= 0.6 is 0 Å². The molecule has 2 N–H and O–H groups in total. The smallest absolute Gasteiger partial charge is 0.330 e. The molecule has 1 unspecified atom stereocenters. The first-order valence-electron chi connectivity index (χ1n) is 9.52. The van der Waals surface area contributed by atoms with E-state index in [0.717, 1.165) is 34.4 Å². The lowest BCUT2D eigenvalue weighted by atomic mass is 9.92. The predicted octanol–water partition coefficient (Wildman–Crippen LogP) is 3.79. The summed E-state index contributed by atoms with van der Waals surface area (Å²) in [5, 5.41) is 15.3. The largest absolute Gasteiger partial charge is 0.335 e. The Morgan fingerprint density at radius 3 is 2.79 bits per heavy atom. The maximum Gasteiger partial charge on any atom is 0.330 e. The van der Waals surface area contributed by atoms with Crippen molar-refractivity contribution in [3.05, 3.63) is 65.1 Å². The van der Waals surface area contributed by atoms with Gasteiger partial charge in [-0.25, -0.2) is 14.5 Å². The molecule has 4 rings (SSSR count). The van der Waals surface area contributed by atoms with Crippen LogP contribution in [-0.2, 0) is 0 Å². The molecule has 1 aliphatic heterocycles. The molecule has 7 nitrogen and oxygen atoms in total. The van der Waals surface area contributed by atoms with Crippen LogP contribution in [0.15, 0.2) is 54.0 Å². The van der Waals surface area contributed by atoms with Crippen molar-refractivity contribution in [3.8, 4) is 17.2 Å². The highest BCUT2D eigenvalue weighted by atomic mass is 16.2. The van der Waals surface area contributed by atoms with Crippen molar-refractivity contribution in [2.75, 3.05) is 0 Å². The molecule has 2 heterocycles. The zero-order valence-corrected chi connectivity index (χ0v) is 16.3. The van der Waals surface area contributed by atoms with Crippen LogP contribution in [0.4, 0.5) is 9.59 Å².